The number of aromatic nitrogens is 2. The average Bonchev–Trinajstić information content (AvgIpc) is 2.41. The quantitative estimate of drug-likeness (QED) is 0.863. The summed E-state index contributed by atoms with van der Waals surface area (Å²) in [5, 5.41) is 7.66. The van der Waals surface area contributed by atoms with Crippen LogP contribution in [-0.2, 0) is 10.0 Å². The summed E-state index contributed by atoms with van der Waals surface area (Å²) in [6.45, 7) is 1.74. The van der Waals surface area contributed by atoms with Gasteiger partial charge in [-0.2, -0.15) is 0 Å². The fraction of sp³-hybridized carbons (Fsp3) is 0.0833. The molecule has 1 heterocycles. The number of nitrogens with zero attached hydrogens (tertiary/aromatic N) is 2. The first kappa shape index (κ1) is 14.1. The van der Waals surface area contributed by atoms with Gasteiger partial charge in [-0.3, -0.25) is 4.79 Å². The number of amides is 1. The third kappa shape index (κ3) is 3.16. The van der Waals surface area contributed by atoms with E-state index in [1.165, 1.54) is 30.9 Å². The molecule has 20 heavy (non-hydrogen) atoms. The number of rotatable bonds is 3. The van der Waals surface area contributed by atoms with Gasteiger partial charge in [0.1, 0.15) is 6.33 Å². The van der Waals surface area contributed by atoms with Crippen molar-refractivity contribution in [2.75, 3.05) is 5.32 Å². The minimum Gasteiger partial charge on any atom is -0.322 e. The number of carbonyl (C=O) groups excluding carboxylic acids is 1. The summed E-state index contributed by atoms with van der Waals surface area (Å²) in [7, 11) is -3.82. The molecule has 0 radical (unpaired) electrons. The maximum absolute atomic E-state index is 12.0. The van der Waals surface area contributed by atoms with Crippen LogP contribution in [0.5, 0.6) is 0 Å². The van der Waals surface area contributed by atoms with Gasteiger partial charge in [0, 0.05) is 18.1 Å². The van der Waals surface area contributed by atoms with Crippen LogP contribution in [0.1, 0.15) is 15.9 Å². The molecular formula is C12H12N4O3S. The second-order valence-electron chi connectivity index (χ2n) is 4.10. The topological polar surface area (TPSA) is 115 Å². The van der Waals surface area contributed by atoms with E-state index in [1.54, 1.807) is 13.0 Å². The summed E-state index contributed by atoms with van der Waals surface area (Å²) in [6, 6.07) is 4.26. The van der Waals surface area contributed by atoms with Crippen molar-refractivity contribution in [3.8, 4) is 0 Å². The molecule has 2 rings (SSSR count). The van der Waals surface area contributed by atoms with Gasteiger partial charge in [0.2, 0.25) is 10.0 Å². The number of primary sulfonamides is 1. The minimum atomic E-state index is -3.82. The molecule has 0 aliphatic heterocycles. The van der Waals surface area contributed by atoms with Crippen molar-refractivity contribution in [3.63, 3.8) is 0 Å². The van der Waals surface area contributed by atoms with Crippen molar-refractivity contribution in [2.45, 2.75) is 11.8 Å². The molecule has 0 atom stereocenters. The molecular weight excluding hydrogens is 280 g/mol. The Kier molecular flexibility index (Phi) is 3.77. The number of sulfonamides is 1. The lowest BCUT2D eigenvalue weighted by atomic mass is 10.2. The number of nitrogens with two attached hydrogens (primary N) is 1. The van der Waals surface area contributed by atoms with Crippen LogP contribution in [0.25, 0.3) is 0 Å². The second-order valence-corrected chi connectivity index (χ2v) is 5.66. The fourth-order valence-electron chi connectivity index (χ4n) is 1.52. The Labute approximate surface area is 115 Å². The van der Waals surface area contributed by atoms with Gasteiger partial charge in [-0.25, -0.2) is 23.5 Å². The Balaban J connectivity index is 2.32. The van der Waals surface area contributed by atoms with Gasteiger partial charge < -0.3 is 5.32 Å². The molecule has 8 heteroatoms. The molecule has 3 N–H and O–H groups in total. The van der Waals surface area contributed by atoms with Crippen LogP contribution in [0.3, 0.4) is 0 Å². The highest BCUT2D eigenvalue weighted by molar-refractivity contribution is 7.89. The lowest BCUT2D eigenvalue weighted by Crippen LogP contribution is -2.16. The maximum Gasteiger partial charge on any atom is 0.258 e. The number of benzene rings is 1. The molecule has 0 saturated carbocycles. The van der Waals surface area contributed by atoms with Crippen LogP contribution < -0.4 is 10.5 Å². The summed E-state index contributed by atoms with van der Waals surface area (Å²) in [5.74, 6) is -0.430. The van der Waals surface area contributed by atoms with E-state index in [2.05, 4.69) is 15.3 Å². The van der Waals surface area contributed by atoms with Crippen molar-refractivity contribution in [2.24, 2.45) is 5.14 Å². The SMILES string of the molecule is Cc1ccc(S(N)(=O)=O)cc1NC(=O)c1cncnc1. The van der Waals surface area contributed by atoms with E-state index in [9.17, 15) is 13.2 Å². The zero-order valence-corrected chi connectivity index (χ0v) is 11.4. The predicted molar refractivity (Wildman–Crippen MR) is 72.5 cm³/mol. The van der Waals surface area contributed by atoms with Crippen molar-refractivity contribution >= 4 is 21.6 Å². The van der Waals surface area contributed by atoms with E-state index < -0.39 is 15.9 Å². The van der Waals surface area contributed by atoms with Gasteiger partial charge in [-0.15, -0.1) is 0 Å². The number of aryl methyl sites for hydroxylation is 1. The third-order valence-electron chi connectivity index (χ3n) is 2.61. The van der Waals surface area contributed by atoms with Gasteiger partial charge in [0.05, 0.1) is 10.5 Å². The van der Waals surface area contributed by atoms with E-state index in [0.29, 0.717) is 11.3 Å². The summed E-state index contributed by atoms with van der Waals surface area (Å²) in [6.07, 6.45) is 4.03. The lowest BCUT2D eigenvalue weighted by molar-refractivity contribution is 0.102. The van der Waals surface area contributed by atoms with Crippen molar-refractivity contribution in [1.82, 2.24) is 9.97 Å². The molecule has 0 fully saturated rings. The largest absolute Gasteiger partial charge is 0.322 e. The second kappa shape index (κ2) is 5.35. The van der Waals surface area contributed by atoms with Crippen LogP contribution in [-0.4, -0.2) is 24.3 Å². The molecule has 7 nitrogen and oxygen atoms in total. The molecule has 0 saturated heterocycles. The normalized spacial score (nSPS) is 11.1. The van der Waals surface area contributed by atoms with E-state index in [0.717, 1.165) is 0 Å². The van der Waals surface area contributed by atoms with Crippen molar-refractivity contribution in [1.29, 1.82) is 0 Å². The van der Waals surface area contributed by atoms with Crippen LogP contribution >= 0.6 is 0 Å². The van der Waals surface area contributed by atoms with E-state index in [-0.39, 0.29) is 10.5 Å². The monoisotopic (exact) mass is 292 g/mol. The van der Waals surface area contributed by atoms with Gasteiger partial charge in [-0.1, -0.05) is 6.07 Å². The third-order valence-corrected chi connectivity index (χ3v) is 3.52. The Morgan fingerprint density at radius 1 is 1.25 bits per heavy atom. The van der Waals surface area contributed by atoms with Crippen LogP contribution in [0.4, 0.5) is 5.69 Å². The number of nitrogens with one attached hydrogen (secondary N) is 1. The van der Waals surface area contributed by atoms with Crippen molar-refractivity contribution < 1.29 is 13.2 Å². The van der Waals surface area contributed by atoms with Crippen LogP contribution in [0, 0.1) is 6.92 Å². The van der Waals surface area contributed by atoms with Gasteiger partial charge in [0.15, 0.2) is 0 Å². The number of hydrogen-bond donors (Lipinski definition) is 2. The first-order valence-corrected chi connectivity index (χ1v) is 7.12. The van der Waals surface area contributed by atoms with Crippen LogP contribution in [0.2, 0.25) is 0 Å². The van der Waals surface area contributed by atoms with Gasteiger partial charge in [0.25, 0.3) is 5.91 Å². The number of anilines is 1. The average molecular weight is 292 g/mol. The first-order chi connectivity index (χ1) is 9.38. The molecule has 2 aromatic rings. The molecule has 0 aliphatic rings. The fourth-order valence-corrected chi connectivity index (χ4v) is 2.06. The summed E-state index contributed by atoms with van der Waals surface area (Å²) >= 11 is 0. The van der Waals surface area contributed by atoms with E-state index >= 15 is 0 Å². The molecule has 0 aliphatic carbocycles. The Morgan fingerprint density at radius 2 is 1.90 bits per heavy atom. The van der Waals surface area contributed by atoms with Gasteiger partial charge >= 0.3 is 0 Å². The Hall–Kier alpha value is -2.32. The first-order valence-electron chi connectivity index (χ1n) is 5.58. The Bertz CT molecular complexity index is 745. The molecule has 0 spiro atoms. The molecule has 104 valence electrons. The minimum absolute atomic E-state index is 0.0669. The highest BCUT2D eigenvalue weighted by Crippen LogP contribution is 2.20. The molecule has 1 aromatic carbocycles. The number of hydrogen-bond acceptors (Lipinski definition) is 5. The lowest BCUT2D eigenvalue weighted by Gasteiger charge is -2.09. The van der Waals surface area contributed by atoms with Gasteiger partial charge in [-0.05, 0) is 24.6 Å². The summed E-state index contributed by atoms with van der Waals surface area (Å²) < 4.78 is 22.6. The zero-order valence-electron chi connectivity index (χ0n) is 10.6. The highest BCUT2D eigenvalue weighted by Gasteiger charge is 2.12. The zero-order chi connectivity index (χ0) is 14.8. The smallest absolute Gasteiger partial charge is 0.258 e. The molecule has 0 unspecified atom stereocenters. The molecule has 0 bridgehead atoms. The van der Waals surface area contributed by atoms with E-state index in [1.807, 2.05) is 0 Å². The van der Waals surface area contributed by atoms with Crippen LogP contribution in [0.15, 0.2) is 41.8 Å². The maximum atomic E-state index is 12.0. The summed E-state index contributed by atoms with van der Waals surface area (Å²) in [5.41, 5.74) is 1.35. The Morgan fingerprint density at radius 3 is 2.50 bits per heavy atom. The molecule has 1 amide bonds. The van der Waals surface area contributed by atoms with Crippen molar-refractivity contribution in [3.05, 3.63) is 48.0 Å². The summed E-state index contributed by atoms with van der Waals surface area (Å²) in [4.78, 5) is 19.4. The standard InChI is InChI=1S/C12H12N4O3S/c1-8-2-3-10(20(13,18)19)4-11(8)16-12(17)9-5-14-7-15-6-9/h2-7H,1H3,(H,16,17)(H2,13,18,19). The highest BCUT2D eigenvalue weighted by atomic mass is 32.2. The number of carbonyl (C=O) groups is 1. The molecule has 1 aromatic heterocycles. The predicted octanol–water partition coefficient (Wildman–Crippen LogP) is 0.685. The van der Waals surface area contributed by atoms with E-state index in [4.69, 9.17) is 5.14 Å².